The normalized spacial score (nSPS) is 12.5. The minimum absolute atomic E-state index is 0.104. The van der Waals surface area contributed by atoms with Gasteiger partial charge in [-0.2, -0.15) is 0 Å². The lowest BCUT2D eigenvalue weighted by molar-refractivity contribution is -0.126. The Morgan fingerprint density at radius 3 is 2.11 bits per heavy atom. The van der Waals surface area contributed by atoms with Crippen molar-refractivity contribution >= 4 is 29.7 Å². The molecule has 2 unspecified atom stereocenters. The van der Waals surface area contributed by atoms with Gasteiger partial charge in [-0.15, -0.1) is 12.3 Å². The molecule has 0 radical (unpaired) electrons. The van der Waals surface area contributed by atoms with Gasteiger partial charge < -0.3 is 35.6 Å². The molecule has 2 atom stereocenters. The quantitative estimate of drug-likeness (QED) is 0.120. The molecule has 54 heavy (non-hydrogen) atoms. The van der Waals surface area contributed by atoms with Crippen molar-refractivity contribution < 1.29 is 28.7 Å². The molecule has 290 valence electrons. The van der Waals surface area contributed by atoms with E-state index in [1.54, 1.807) is 13.1 Å². The maximum absolute atomic E-state index is 13.1. The fourth-order valence-corrected chi connectivity index (χ4v) is 5.96. The van der Waals surface area contributed by atoms with E-state index < -0.39 is 30.0 Å². The standard InChI is InChI=1S/C39H51N5O6.C4H6/c1-7-26(4)20-28-21-29(17-16-27(28)23-50-39(48)44(6)19-18-40-5)42-35(45)22-41-37(46)36(25(2)3)43-38(47)49-24-34-32-14-10-8-12-30(32)31-13-9-11-15-33(31)34;1-3-4-2/h8-17,21,25-26,34,36,40H,7,18-20,22-24H2,1-6H3,(H,41,46)(H,42,45)(H,43,47);1H,4H2,2H3. The number of carbonyl (C=O) groups excluding carboxylic acids is 4. The van der Waals surface area contributed by atoms with Gasteiger partial charge in [0.1, 0.15) is 19.3 Å². The van der Waals surface area contributed by atoms with Crippen LogP contribution in [0.4, 0.5) is 15.3 Å². The number of fused-ring (bicyclic) bond motifs is 3. The Kier molecular flexibility index (Phi) is 17.6. The summed E-state index contributed by atoms with van der Waals surface area (Å²) >= 11 is 0. The van der Waals surface area contributed by atoms with E-state index in [0.717, 1.165) is 52.6 Å². The summed E-state index contributed by atoms with van der Waals surface area (Å²) < 4.78 is 11.2. The van der Waals surface area contributed by atoms with Gasteiger partial charge in [0.2, 0.25) is 11.8 Å². The third-order valence-electron chi connectivity index (χ3n) is 9.31. The molecule has 0 fully saturated rings. The lowest BCUT2D eigenvalue weighted by Gasteiger charge is -2.22. The molecule has 0 aromatic heterocycles. The van der Waals surface area contributed by atoms with Crippen LogP contribution in [-0.2, 0) is 32.1 Å². The molecular weight excluding hydrogens is 683 g/mol. The summed E-state index contributed by atoms with van der Waals surface area (Å²) in [4.78, 5) is 52.9. The Balaban J connectivity index is 0.00000186. The summed E-state index contributed by atoms with van der Waals surface area (Å²) in [5.41, 5.74) is 6.86. The number of nitrogens with one attached hydrogen (secondary N) is 4. The molecule has 0 spiro atoms. The number of alkyl carbamates (subject to hydrolysis) is 1. The molecular formula is C43H57N5O6. The zero-order valence-corrected chi connectivity index (χ0v) is 32.8. The minimum atomic E-state index is -0.903. The van der Waals surface area contributed by atoms with E-state index in [-0.39, 0.29) is 31.6 Å². The molecule has 11 nitrogen and oxygen atoms in total. The Labute approximate surface area is 321 Å². The van der Waals surface area contributed by atoms with Crippen molar-refractivity contribution in [3.8, 4) is 23.5 Å². The molecule has 1 aliphatic rings. The first-order valence-corrected chi connectivity index (χ1v) is 18.7. The van der Waals surface area contributed by atoms with Crippen LogP contribution < -0.4 is 21.3 Å². The lowest BCUT2D eigenvalue weighted by atomic mass is 9.95. The average molecular weight is 740 g/mol. The number of amides is 4. The van der Waals surface area contributed by atoms with Gasteiger partial charge in [0, 0.05) is 38.2 Å². The summed E-state index contributed by atoms with van der Waals surface area (Å²) in [6.07, 6.45) is 6.23. The molecule has 11 heteroatoms. The number of likely N-dealkylation sites (N-methyl/N-ethyl adjacent to an activating group) is 2. The van der Waals surface area contributed by atoms with Gasteiger partial charge in [-0.3, -0.25) is 9.59 Å². The van der Waals surface area contributed by atoms with Crippen LogP contribution in [-0.4, -0.2) is 75.3 Å². The summed E-state index contributed by atoms with van der Waals surface area (Å²) in [6, 6.07) is 20.7. The maximum Gasteiger partial charge on any atom is 0.409 e. The highest BCUT2D eigenvalue weighted by Gasteiger charge is 2.30. The van der Waals surface area contributed by atoms with Crippen LogP contribution in [0.3, 0.4) is 0 Å². The highest BCUT2D eigenvalue weighted by Crippen LogP contribution is 2.44. The molecule has 3 aromatic carbocycles. The van der Waals surface area contributed by atoms with Gasteiger partial charge in [0.25, 0.3) is 0 Å². The Hall–Kier alpha value is -5.34. The van der Waals surface area contributed by atoms with Crippen LogP contribution in [0.5, 0.6) is 0 Å². The number of ether oxygens (including phenoxy) is 2. The van der Waals surface area contributed by atoms with Crippen molar-refractivity contribution in [2.75, 3.05) is 45.7 Å². The number of rotatable bonds is 16. The molecule has 3 aromatic rings. The van der Waals surface area contributed by atoms with E-state index >= 15 is 0 Å². The topological polar surface area (TPSA) is 138 Å². The summed E-state index contributed by atoms with van der Waals surface area (Å²) in [6.45, 7) is 11.0. The summed E-state index contributed by atoms with van der Waals surface area (Å²) in [5.74, 6) is 1.55. The molecule has 0 saturated carbocycles. The maximum atomic E-state index is 13.1. The molecule has 4 amide bonds. The van der Waals surface area contributed by atoms with E-state index in [0.29, 0.717) is 24.7 Å². The van der Waals surface area contributed by atoms with Crippen LogP contribution in [0.2, 0.25) is 0 Å². The first-order valence-electron chi connectivity index (χ1n) is 18.7. The molecule has 0 bridgehead atoms. The number of benzene rings is 3. The third kappa shape index (κ3) is 12.7. The lowest BCUT2D eigenvalue weighted by Crippen LogP contribution is -2.51. The van der Waals surface area contributed by atoms with Crippen molar-refractivity contribution in [2.24, 2.45) is 11.8 Å². The van der Waals surface area contributed by atoms with Crippen LogP contribution in [0.15, 0.2) is 66.7 Å². The van der Waals surface area contributed by atoms with E-state index in [9.17, 15) is 19.2 Å². The fourth-order valence-electron chi connectivity index (χ4n) is 5.96. The smallest absolute Gasteiger partial charge is 0.409 e. The van der Waals surface area contributed by atoms with E-state index in [2.05, 4.69) is 53.2 Å². The van der Waals surface area contributed by atoms with Crippen molar-refractivity contribution in [3.05, 3.63) is 89.0 Å². The Morgan fingerprint density at radius 2 is 1.54 bits per heavy atom. The predicted octanol–water partition coefficient (Wildman–Crippen LogP) is 6.71. The van der Waals surface area contributed by atoms with Crippen molar-refractivity contribution in [1.29, 1.82) is 0 Å². The van der Waals surface area contributed by atoms with Crippen LogP contribution in [0, 0.1) is 24.2 Å². The largest absolute Gasteiger partial charge is 0.449 e. The average Bonchev–Trinajstić information content (AvgIpc) is 3.50. The van der Waals surface area contributed by atoms with Gasteiger partial charge in [-0.1, -0.05) is 95.6 Å². The van der Waals surface area contributed by atoms with Crippen LogP contribution in [0.25, 0.3) is 11.1 Å². The van der Waals surface area contributed by atoms with Gasteiger partial charge in [-0.25, -0.2) is 9.59 Å². The SMILES string of the molecule is C#CCC.CCC(C)Cc1cc(NC(=O)CNC(=O)C(NC(=O)OCC2c3ccccc3-c3ccccc32)C(C)C)ccc1COC(=O)N(C)CCNC. The van der Waals surface area contributed by atoms with E-state index in [1.807, 2.05) is 76.3 Å². The summed E-state index contributed by atoms with van der Waals surface area (Å²) in [5, 5.41) is 11.2. The molecule has 0 saturated heterocycles. The molecule has 0 heterocycles. The van der Waals surface area contributed by atoms with Gasteiger partial charge in [0.15, 0.2) is 0 Å². The highest BCUT2D eigenvalue weighted by atomic mass is 16.6. The van der Waals surface area contributed by atoms with Crippen LogP contribution >= 0.6 is 0 Å². The first-order chi connectivity index (χ1) is 25.9. The molecule has 4 rings (SSSR count). The monoisotopic (exact) mass is 739 g/mol. The predicted molar refractivity (Wildman–Crippen MR) is 214 cm³/mol. The summed E-state index contributed by atoms with van der Waals surface area (Å²) in [7, 11) is 3.52. The Morgan fingerprint density at radius 1 is 0.907 bits per heavy atom. The van der Waals surface area contributed by atoms with Gasteiger partial charge >= 0.3 is 12.2 Å². The number of terminal acetylenes is 1. The molecule has 4 N–H and O–H groups in total. The first kappa shape index (κ1) is 43.1. The van der Waals surface area contributed by atoms with Crippen molar-refractivity contribution in [1.82, 2.24) is 20.9 Å². The van der Waals surface area contributed by atoms with E-state index in [4.69, 9.17) is 15.9 Å². The van der Waals surface area contributed by atoms with E-state index in [1.165, 1.54) is 4.90 Å². The van der Waals surface area contributed by atoms with Crippen molar-refractivity contribution in [3.63, 3.8) is 0 Å². The second kappa shape index (κ2) is 22.0. The third-order valence-corrected chi connectivity index (χ3v) is 9.31. The number of nitrogens with zero attached hydrogens (tertiary/aromatic N) is 1. The number of hydrogen-bond donors (Lipinski definition) is 4. The zero-order valence-electron chi connectivity index (χ0n) is 32.8. The number of anilines is 1. The van der Waals surface area contributed by atoms with Crippen molar-refractivity contribution in [2.45, 2.75) is 72.4 Å². The van der Waals surface area contributed by atoms with Gasteiger partial charge in [0.05, 0.1) is 6.54 Å². The second-order valence-electron chi connectivity index (χ2n) is 13.8. The minimum Gasteiger partial charge on any atom is -0.449 e. The van der Waals surface area contributed by atoms with Crippen LogP contribution in [0.1, 0.15) is 75.6 Å². The number of hydrogen-bond acceptors (Lipinski definition) is 7. The highest BCUT2D eigenvalue weighted by molar-refractivity contribution is 5.96. The Bertz CT molecular complexity index is 1710. The second-order valence-corrected chi connectivity index (χ2v) is 13.8. The zero-order chi connectivity index (χ0) is 39.6. The fraction of sp³-hybridized carbons (Fsp3) is 0.442. The van der Waals surface area contributed by atoms with Gasteiger partial charge in [-0.05, 0) is 70.8 Å². The number of carbonyl (C=O) groups is 4. The molecule has 0 aliphatic heterocycles. The molecule has 1 aliphatic carbocycles.